The van der Waals surface area contributed by atoms with Crippen molar-refractivity contribution in [2.75, 3.05) is 38.6 Å². The highest BCUT2D eigenvalue weighted by molar-refractivity contribution is 8.23. The molecule has 0 aromatic heterocycles. The van der Waals surface area contributed by atoms with Crippen molar-refractivity contribution in [3.05, 3.63) is 0 Å². The van der Waals surface area contributed by atoms with Gasteiger partial charge in [0.2, 0.25) is 5.91 Å². The molecule has 4 nitrogen and oxygen atoms in total. The van der Waals surface area contributed by atoms with Crippen LogP contribution < -0.4 is 5.32 Å². The van der Waals surface area contributed by atoms with E-state index in [4.69, 9.17) is 12.2 Å². The zero-order chi connectivity index (χ0) is 13.0. The summed E-state index contributed by atoms with van der Waals surface area (Å²) in [4.78, 5) is 16.4. The molecule has 0 aromatic rings. The maximum Gasteiger partial charge on any atom is 0.223 e. The summed E-state index contributed by atoms with van der Waals surface area (Å²) in [5, 5.41) is 2.92. The van der Waals surface area contributed by atoms with Gasteiger partial charge >= 0.3 is 0 Å². The van der Waals surface area contributed by atoms with E-state index in [1.54, 1.807) is 11.8 Å². The van der Waals surface area contributed by atoms with Crippen LogP contribution >= 0.6 is 24.0 Å². The van der Waals surface area contributed by atoms with Crippen molar-refractivity contribution in [2.45, 2.75) is 19.8 Å². The molecular formula is C12H21N3OS2. The standard InChI is InChI=1S/C12H21N3OS2/c1-2-13-11(16)10-3-5-14(6-4-10)9-15-7-8-18-12(15)17/h10H,2-9H2,1H3,(H,13,16). The third kappa shape index (κ3) is 3.59. The molecule has 0 saturated carbocycles. The lowest BCUT2D eigenvalue weighted by atomic mass is 9.96. The molecule has 18 heavy (non-hydrogen) atoms. The lowest BCUT2D eigenvalue weighted by Gasteiger charge is -2.34. The lowest BCUT2D eigenvalue weighted by Crippen LogP contribution is -2.45. The summed E-state index contributed by atoms with van der Waals surface area (Å²) in [7, 11) is 0. The Morgan fingerprint density at radius 3 is 2.72 bits per heavy atom. The Morgan fingerprint density at radius 1 is 1.44 bits per heavy atom. The highest BCUT2D eigenvalue weighted by atomic mass is 32.2. The number of nitrogens with zero attached hydrogens (tertiary/aromatic N) is 2. The van der Waals surface area contributed by atoms with E-state index in [-0.39, 0.29) is 11.8 Å². The second-order valence-electron chi connectivity index (χ2n) is 4.81. The third-order valence-electron chi connectivity index (χ3n) is 3.53. The number of hydrogen-bond acceptors (Lipinski definition) is 4. The molecule has 2 aliphatic heterocycles. The van der Waals surface area contributed by atoms with Gasteiger partial charge in [0, 0.05) is 37.8 Å². The zero-order valence-corrected chi connectivity index (χ0v) is 12.5. The predicted octanol–water partition coefficient (Wildman–Crippen LogP) is 1.13. The number of hydrogen-bond donors (Lipinski definition) is 1. The average molecular weight is 287 g/mol. The van der Waals surface area contributed by atoms with Crippen LogP contribution in [0, 0.1) is 5.92 Å². The van der Waals surface area contributed by atoms with E-state index < -0.39 is 0 Å². The number of piperidine rings is 1. The first-order chi connectivity index (χ1) is 8.70. The normalized spacial score (nSPS) is 22.5. The number of carbonyl (C=O) groups excluding carboxylic acids is 1. The van der Waals surface area contributed by atoms with Gasteiger partial charge < -0.3 is 10.2 Å². The van der Waals surface area contributed by atoms with E-state index in [9.17, 15) is 4.79 Å². The van der Waals surface area contributed by atoms with Gasteiger partial charge in [0.15, 0.2) is 0 Å². The molecule has 2 aliphatic rings. The highest BCUT2D eigenvalue weighted by Crippen LogP contribution is 2.21. The summed E-state index contributed by atoms with van der Waals surface area (Å²) in [6.45, 7) is 6.72. The zero-order valence-electron chi connectivity index (χ0n) is 10.9. The van der Waals surface area contributed by atoms with Gasteiger partial charge in [0.1, 0.15) is 4.32 Å². The van der Waals surface area contributed by atoms with E-state index in [1.165, 1.54) is 0 Å². The maximum absolute atomic E-state index is 11.7. The van der Waals surface area contributed by atoms with E-state index in [0.717, 1.165) is 55.8 Å². The van der Waals surface area contributed by atoms with E-state index in [2.05, 4.69) is 15.1 Å². The van der Waals surface area contributed by atoms with Gasteiger partial charge in [-0.1, -0.05) is 24.0 Å². The predicted molar refractivity (Wildman–Crippen MR) is 79.6 cm³/mol. The Morgan fingerprint density at radius 2 is 2.17 bits per heavy atom. The molecule has 6 heteroatoms. The van der Waals surface area contributed by atoms with Gasteiger partial charge in [-0.25, -0.2) is 0 Å². The van der Waals surface area contributed by atoms with E-state index in [0.29, 0.717) is 0 Å². The SMILES string of the molecule is CCNC(=O)C1CCN(CN2CCSC2=S)CC1. The first kappa shape index (κ1) is 14.1. The van der Waals surface area contributed by atoms with Crippen LogP contribution in [0.1, 0.15) is 19.8 Å². The number of nitrogens with one attached hydrogen (secondary N) is 1. The van der Waals surface area contributed by atoms with Gasteiger partial charge in [-0.2, -0.15) is 0 Å². The second-order valence-corrected chi connectivity index (χ2v) is 6.53. The van der Waals surface area contributed by atoms with Crippen LogP contribution in [0.25, 0.3) is 0 Å². The Hall–Kier alpha value is -0.330. The van der Waals surface area contributed by atoms with Crippen LogP contribution in [0.5, 0.6) is 0 Å². The Kier molecular flexibility index (Phi) is 5.26. The summed E-state index contributed by atoms with van der Waals surface area (Å²) < 4.78 is 1.03. The van der Waals surface area contributed by atoms with Crippen LogP contribution in [-0.4, -0.2) is 58.6 Å². The Balaban J connectivity index is 1.73. The van der Waals surface area contributed by atoms with Crippen molar-refractivity contribution in [1.82, 2.24) is 15.1 Å². The molecule has 0 bridgehead atoms. The van der Waals surface area contributed by atoms with Crippen LogP contribution in [0.2, 0.25) is 0 Å². The summed E-state index contributed by atoms with van der Waals surface area (Å²) in [5.74, 6) is 1.55. The number of thiocarbonyl (C=S) groups is 1. The molecule has 102 valence electrons. The second kappa shape index (κ2) is 6.73. The lowest BCUT2D eigenvalue weighted by molar-refractivity contribution is -0.126. The average Bonchev–Trinajstić information content (AvgIpc) is 2.76. The van der Waals surface area contributed by atoms with Crippen molar-refractivity contribution in [2.24, 2.45) is 5.92 Å². The van der Waals surface area contributed by atoms with Crippen molar-refractivity contribution in [3.8, 4) is 0 Å². The van der Waals surface area contributed by atoms with Crippen LogP contribution in [0.4, 0.5) is 0 Å². The number of rotatable bonds is 4. The first-order valence-corrected chi connectivity index (χ1v) is 8.02. The molecule has 1 amide bonds. The Bertz CT molecular complexity index is 316. The summed E-state index contributed by atoms with van der Waals surface area (Å²) in [5.41, 5.74) is 0. The number of likely N-dealkylation sites (tertiary alicyclic amines) is 1. The molecule has 2 saturated heterocycles. The monoisotopic (exact) mass is 287 g/mol. The van der Waals surface area contributed by atoms with Gasteiger partial charge in [-0.3, -0.25) is 9.69 Å². The molecule has 0 aromatic carbocycles. The largest absolute Gasteiger partial charge is 0.356 e. The molecule has 0 aliphatic carbocycles. The molecule has 2 rings (SSSR count). The number of amides is 1. The summed E-state index contributed by atoms with van der Waals surface area (Å²) in [6, 6.07) is 0. The fourth-order valence-corrected chi connectivity index (χ4v) is 3.67. The van der Waals surface area contributed by atoms with Crippen LogP contribution in [0.15, 0.2) is 0 Å². The minimum Gasteiger partial charge on any atom is -0.356 e. The van der Waals surface area contributed by atoms with Crippen LogP contribution in [0.3, 0.4) is 0 Å². The number of thioether (sulfide) groups is 1. The first-order valence-electron chi connectivity index (χ1n) is 6.62. The quantitative estimate of drug-likeness (QED) is 0.784. The minimum absolute atomic E-state index is 0.209. The topological polar surface area (TPSA) is 35.6 Å². The maximum atomic E-state index is 11.7. The molecule has 0 atom stereocenters. The molecule has 0 radical (unpaired) electrons. The van der Waals surface area contributed by atoms with Gasteiger partial charge in [0.05, 0.1) is 6.67 Å². The summed E-state index contributed by atoms with van der Waals surface area (Å²) >= 11 is 7.08. The van der Waals surface area contributed by atoms with E-state index >= 15 is 0 Å². The van der Waals surface area contributed by atoms with Crippen molar-refractivity contribution in [3.63, 3.8) is 0 Å². The van der Waals surface area contributed by atoms with E-state index in [1.807, 2.05) is 6.92 Å². The van der Waals surface area contributed by atoms with Crippen LogP contribution in [-0.2, 0) is 4.79 Å². The van der Waals surface area contributed by atoms with Crippen molar-refractivity contribution < 1.29 is 4.79 Å². The van der Waals surface area contributed by atoms with Crippen molar-refractivity contribution in [1.29, 1.82) is 0 Å². The molecule has 2 heterocycles. The van der Waals surface area contributed by atoms with Gasteiger partial charge in [0.25, 0.3) is 0 Å². The molecule has 0 unspecified atom stereocenters. The van der Waals surface area contributed by atoms with Crippen molar-refractivity contribution >= 4 is 34.2 Å². The molecular weight excluding hydrogens is 266 g/mol. The minimum atomic E-state index is 0.209. The van der Waals surface area contributed by atoms with Gasteiger partial charge in [-0.05, 0) is 19.8 Å². The molecule has 0 spiro atoms. The third-order valence-corrected chi connectivity index (χ3v) is 5.03. The molecule has 1 N–H and O–H groups in total. The fraction of sp³-hybridized carbons (Fsp3) is 0.833. The molecule has 2 fully saturated rings. The highest BCUT2D eigenvalue weighted by Gasteiger charge is 2.26. The smallest absolute Gasteiger partial charge is 0.223 e. The fourth-order valence-electron chi connectivity index (χ4n) is 2.45. The summed E-state index contributed by atoms with van der Waals surface area (Å²) in [6.07, 6.45) is 1.94. The Labute approximate surface area is 118 Å². The number of carbonyl (C=O) groups is 1. The van der Waals surface area contributed by atoms with Gasteiger partial charge in [-0.15, -0.1) is 0 Å².